The third-order valence-corrected chi connectivity index (χ3v) is 5.62. The summed E-state index contributed by atoms with van der Waals surface area (Å²) in [4.78, 5) is 37.7. The Labute approximate surface area is 195 Å². The molecule has 3 aromatic carbocycles. The minimum absolute atomic E-state index is 0.150. The van der Waals surface area contributed by atoms with Crippen molar-refractivity contribution in [1.82, 2.24) is 16.0 Å². The second-order valence-corrected chi connectivity index (χ2v) is 8.18. The molecular weight excluding hydrogens is 440 g/mol. The van der Waals surface area contributed by atoms with Crippen molar-refractivity contribution in [3.05, 3.63) is 95.1 Å². The highest BCUT2D eigenvalue weighted by molar-refractivity contribution is 5.93. The molecule has 6 nitrogen and oxygen atoms in total. The van der Waals surface area contributed by atoms with Crippen molar-refractivity contribution >= 4 is 17.7 Å². The fourth-order valence-corrected chi connectivity index (χ4v) is 3.93. The third kappa shape index (κ3) is 5.28. The van der Waals surface area contributed by atoms with E-state index in [1.807, 2.05) is 48.5 Å². The normalized spacial score (nSPS) is 15.6. The van der Waals surface area contributed by atoms with E-state index >= 15 is 0 Å². The quantitative estimate of drug-likeness (QED) is 0.525. The molecular formula is C26H23F2N3O3. The topological polar surface area (TPSA) is 87.3 Å². The molecule has 4 rings (SSSR count). The van der Waals surface area contributed by atoms with Crippen molar-refractivity contribution in [3.8, 4) is 11.1 Å². The van der Waals surface area contributed by atoms with Gasteiger partial charge in [0.15, 0.2) is 0 Å². The number of carbonyl (C=O) groups excluding carboxylic acids is 3. The second kappa shape index (κ2) is 9.82. The summed E-state index contributed by atoms with van der Waals surface area (Å²) in [6.07, 6.45) is -0.292. The summed E-state index contributed by atoms with van der Waals surface area (Å²) in [5.41, 5.74) is 3.62. The second-order valence-electron chi connectivity index (χ2n) is 8.18. The van der Waals surface area contributed by atoms with Crippen LogP contribution in [0.3, 0.4) is 0 Å². The Morgan fingerprint density at radius 3 is 2.41 bits per heavy atom. The highest BCUT2D eigenvalue weighted by atomic mass is 19.1. The molecule has 0 aromatic heterocycles. The first-order valence-electron chi connectivity index (χ1n) is 10.8. The van der Waals surface area contributed by atoms with Crippen LogP contribution >= 0.6 is 0 Å². The van der Waals surface area contributed by atoms with E-state index in [0.29, 0.717) is 18.2 Å². The van der Waals surface area contributed by atoms with Gasteiger partial charge < -0.3 is 16.0 Å². The molecule has 0 saturated carbocycles. The Kier molecular flexibility index (Phi) is 6.67. The minimum Gasteiger partial charge on any atom is -0.350 e. The number of hydrogen-bond donors (Lipinski definition) is 3. The molecule has 0 fully saturated rings. The van der Waals surface area contributed by atoms with Crippen LogP contribution in [-0.2, 0) is 27.3 Å². The Morgan fingerprint density at radius 1 is 1.00 bits per heavy atom. The molecule has 1 unspecified atom stereocenters. The van der Waals surface area contributed by atoms with Crippen molar-refractivity contribution in [2.75, 3.05) is 0 Å². The molecule has 1 heterocycles. The lowest BCUT2D eigenvalue weighted by Crippen LogP contribution is -2.50. The minimum atomic E-state index is -0.971. The molecule has 0 saturated heterocycles. The Bertz CT molecular complexity index is 1230. The number of hydrogen-bond acceptors (Lipinski definition) is 3. The maximum atomic E-state index is 13.4. The Morgan fingerprint density at radius 2 is 1.71 bits per heavy atom. The molecule has 0 spiro atoms. The molecule has 0 radical (unpaired) electrons. The molecule has 34 heavy (non-hydrogen) atoms. The van der Waals surface area contributed by atoms with Crippen molar-refractivity contribution in [2.24, 2.45) is 0 Å². The Balaban J connectivity index is 1.46. The van der Waals surface area contributed by atoms with Gasteiger partial charge in [0.1, 0.15) is 23.7 Å². The summed E-state index contributed by atoms with van der Waals surface area (Å²) in [6.45, 7) is 1.83. The zero-order valence-corrected chi connectivity index (χ0v) is 18.4. The van der Waals surface area contributed by atoms with Gasteiger partial charge in [-0.05, 0) is 52.9 Å². The average Bonchev–Trinajstić information content (AvgIpc) is 2.80. The van der Waals surface area contributed by atoms with Crippen LogP contribution in [0, 0.1) is 11.6 Å². The molecule has 1 aliphatic rings. The van der Waals surface area contributed by atoms with E-state index in [1.165, 1.54) is 6.92 Å². The predicted molar refractivity (Wildman–Crippen MR) is 122 cm³/mol. The summed E-state index contributed by atoms with van der Waals surface area (Å²) < 4.78 is 26.7. The molecule has 3 aromatic rings. The highest BCUT2D eigenvalue weighted by Crippen LogP contribution is 2.29. The van der Waals surface area contributed by atoms with Crippen LogP contribution in [0.25, 0.3) is 11.1 Å². The molecule has 0 bridgehead atoms. The van der Waals surface area contributed by atoms with Crippen LogP contribution in [0.1, 0.15) is 29.7 Å². The van der Waals surface area contributed by atoms with E-state index in [0.717, 1.165) is 28.8 Å². The number of benzene rings is 3. The zero-order chi connectivity index (χ0) is 24.2. The molecule has 174 valence electrons. The van der Waals surface area contributed by atoms with Crippen LogP contribution in [0.4, 0.5) is 8.78 Å². The van der Waals surface area contributed by atoms with Crippen LogP contribution < -0.4 is 16.0 Å². The van der Waals surface area contributed by atoms with E-state index < -0.39 is 35.5 Å². The highest BCUT2D eigenvalue weighted by Gasteiger charge is 2.31. The Hall–Kier alpha value is -4.07. The number of carbonyl (C=O) groups is 3. The van der Waals surface area contributed by atoms with Crippen LogP contribution in [0.2, 0.25) is 0 Å². The van der Waals surface area contributed by atoms with E-state index in [-0.39, 0.29) is 17.9 Å². The summed E-state index contributed by atoms with van der Waals surface area (Å²) >= 11 is 0. The van der Waals surface area contributed by atoms with Crippen LogP contribution in [0.5, 0.6) is 0 Å². The van der Waals surface area contributed by atoms with E-state index in [4.69, 9.17) is 0 Å². The molecule has 3 N–H and O–H groups in total. The van der Waals surface area contributed by atoms with Crippen LogP contribution in [-0.4, -0.2) is 23.8 Å². The van der Waals surface area contributed by atoms with Gasteiger partial charge in [-0.1, -0.05) is 42.5 Å². The maximum Gasteiger partial charge on any atom is 0.247 e. The fourth-order valence-electron chi connectivity index (χ4n) is 3.93. The molecule has 2 atom stereocenters. The van der Waals surface area contributed by atoms with E-state index in [2.05, 4.69) is 16.0 Å². The number of rotatable bonds is 6. The summed E-state index contributed by atoms with van der Waals surface area (Å²) in [6, 6.07) is 16.4. The average molecular weight is 463 g/mol. The van der Waals surface area contributed by atoms with Crippen molar-refractivity contribution < 1.29 is 23.2 Å². The van der Waals surface area contributed by atoms with Crippen molar-refractivity contribution in [3.63, 3.8) is 0 Å². The van der Waals surface area contributed by atoms with Gasteiger partial charge in [0.05, 0.1) is 6.42 Å². The summed E-state index contributed by atoms with van der Waals surface area (Å²) in [5.74, 6) is -3.06. The van der Waals surface area contributed by atoms with Gasteiger partial charge in [-0.2, -0.15) is 0 Å². The standard InChI is InChI=1S/C26H23F2N3O3/c1-15(30-23(32)11-16-9-20(27)13-21(28)10-16)25(33)31-24-22-12-18(17-5-3-2-4-6-17)7-8-19(22)14-29-26(24)34/h2-10,12-13,15,24H,11,14H2,1H3,(H,29,34)(H,30,32)(H,31,33)/t15-,24?/m0/s1. The summed E-state index contributed by atoms with van der Waals surface area (Å²) in [5, 5.41) is 7.97. The maximum absolute atomic E-state index is 13.4. The van der Waals surface area contributed by atoms with Gasteiger partial charge in [-0.15, -0.1) is 0 Å². The predicted octanol–water partition coefficient (Wildman–Crippen LogP) is 3.17. The third-order valence-electron chi connectivity index (χ3n) is 5.62. The SMILES string of the molecule is C[C@H](NC(=O)Cc1cc(F)cc(F)c1)C(=O)NC1C(=O)NCc2ccc(-c3ccccc3)cc21. The molecule has 1 aliphatic heterocycles. The fraction of sp³-hybridized carbons (Fsp3) is 0.192. The molecule has 0 aliphatic carbocycles. The first-order valence-corrected chi connectivity index (χ1v) is 10.8. The lowest BCUT2D eigenvalue weighted by atomic mass is 9.91. The van der Waals surface area contributed by atoms with Gasteiger partial charge >= 0.3 is 0 Å². The zero-order valence-electron chi connectivity index (χ0n) is 18.4. The van der Waals surface area contributed by atoms with E-state index in [9.17, 15) is 23.2 Å². The number of halogens is 2. The van der Waals surface area contributed by atoms with Gasteiger partial charge in [0.2, 0.25) is 17.7 Å². The van der Waals surface area contributed by atoms with Crippen LogP contribution in [0.15, 0.2) is 66.7 Å². The number of nitrogens with one attached hydrogen (secondary N) is 3. The summed E-state index contributed by atoms with van der Waals surface area (Å²) in [7, 11) is 0. The number of fused-ring (bicyclic) bond motifs is 1. The van der Waals surface area contributed by atoms with Gasteiger partial charge in [0, 0.05) is 12.6 Å². The largest absolute Gasteiger partial charge is 0.350 e. The molecule has 3 amide bonds. The van der Waals surface area contributed by atoms with Crippen molar-refractivity contribution in [2.45, 2.75) is 32.0 Å². The molecule has 8 heteroatoms. The van der Waals surface area contributed by atoms with Gasteiger partial charge in [-0.25, -0.2) is 8.78 Å². The van der Waals surface area contributed by atoms with Crippen molar-refractivity contribution in [1.29, 1.82) is 0 Å². The van der Waals surface area contributed by atoms with Gasteiger partial charge in [-0.3, -0.25) is 14.4 Å². The van der Waals surface area contributed by atoms with Gasteiger partial charge in [0.25, 0.3) is 0 Å². The monoisotopic (exact) mass is 463 g/mol. The van der Waals surface area contributed by atoms with E-state index in [1.54, 1.807) is 0 Å². The first-order chi connectivity index (χ1) is 16.3. The number of amides is 3. The lowest BCUT2D eigenvalue weighted by molar-refractivity contribution is -0.132. The lowest BCUT2D eigenvalue weighted by Gasteiger charge is -2.28. The smallest absolute Gasteiger partial charge is 0.247 e. The first kappa shape index (κ1) is 23.1.